The maximum absolute atomic E-state index is 13.0. The van der Waals surface area contributed by atoms with Crippen molar-refractivity contribution in [2.75, 3.05) is 26.0 Å². The fourth-order valence-electron chi connectivity index (χ4n) is 4.14. The Labute approximate surface area is 222 Å². The Kier molecular flexibility index (Phi) is 8.23. The number of nitrogens with zero attached hydrogens (tertiary/aromatic N) is 2. The topological polar surface area (TPSA) is 122 Å². The summed E-state index contributed by atoms with van der Waals surface area (Å²) in [4.78, 5) is 12.5. The van der Waals surface area contributed by atoms with Crippen LogP contribution in [0.2, 0.25) is 0 Å². The number of aromatic nitrogens is 2. The van der Waals surface area contributed by atoms with Crippen LogP contribution in [0.1, 0.15) is 35.7 Å². The summed E-state index contributed by atoms with van der Waals surface area (Å²) in [5.74, 6) is 0.681. The van der Waals surface area contributed by atoms with E-state index in [-0.39, 0.29) is 10.8 Å². The molecule has 0 spiro atoms. The molecule has 0 aliphatic heterocycles. The highest BCUT2D eigenvalue weighted by molar-refractivity contribution is 7.89. The molecule has 3 aromatic carbocycles. The maximum Gasteiger partial charge on any atom is 0.254 e. The molecule has 9 nitrogen and oxygen atoms in total. The highest BCUT2D eigenvalue weighted by Gasteiger charge is 2.19. The summed E-state index contributed by atoms with van der Waals surface area (Å²) < 4.78 is 34.0. The zero-order valence-electron chi connectivity index (χ0n) is 21.8. The van der Waals surface area contributed by atoms with E-state index in [1.807, 2.05) is 37.3 Å². The molecule has 4 aromatic rings. The van der Waals surface area contributed by atoms with E-state index in [0.29, 0.717) is 46.2 Å². The monoisotopic (exact) mass is 533 g/mol. The third kappa shape index (κ3) is 5.61. The van der Waals surface area contributed by atoms with Gasteiger partial charge in [-0.05, 0) is 43.2 Å². The number of hydrogen-bond donors (Lipinski definition) is 3. The largest absolute Gasteiger partial charge is 0.496 e. The lowest BCUT2D eigenvalue weighted by Gasteiger charge is -2.14. The lowest BCUT2D eigenvalue weighted by Crippen LogP contribution is -2.25. The van der Waals surface area contributed by atoms with Crippen molar-refractivity contribution in [1.82, 2.24) is 20.2 Å². The van der Waals surface area contributed by atoms with Gasteiger partial charge in [0.25, 0.3) is 5.91 Å². The molecule has 38 heavy (non-hydrogen) atoms. The number of sulfonamides is 1. The summed E-state index contributed by atoms with van der Waals surface area (Å²) in [6, 6.07) is 18.1. The minimum absolute atomic E-state index is 0.221. The number of carbonyl (C=O) groups excluding carboxylic acids is 1. The van der Waals surface area contributed by atoms with Crippen molar-refractivity contribution in [3.8, 4) is 17.0 Å². The number of ether oxygens (including phenoxy) is 1. The van der Waals surface area contributed by atoms with Crippen LogP contribution in [0.15, 0.2) is 65.6 Å². The second-order valence-electron chi connectivity index (χ2n) is 8.79. The Morgan fingerprint density at radius 1 is 1.00 bits per heavy atom. The van der Waals surface area contributed by atoms with Crippen LogP contribution in [0, 0.1) is 6.92 Å². The molecule has 0 bridgehead atoms. The predicted octanol–water partition coefficient (Wildman–Crippen LogP) is 4.80. The molecule has 0 aliphatic rings. The summed E-state index contributed by atoms with van der Waals surface area (Å²) in [5, 5.41) is 16.4. The highest BCUT2D eigenvalue weighted by Crippen LogP contribution is 2.33. The first-order valence-corrected chi connectivity index (χ1v) is 13.8. The molecule has 0 atom stereocenters. The zero-order chi connectivity index (χ0) is 27.3. The average molecular weight is 534 g/mol. The van der Waals surface area contributed by atoms with Crippen molar-refractivity contribution in [3.05, 3.63) is 71.8 Å². The first kappa shape index (κ1) is 27.0. The van der Waals surface area contributed by atoms with Crippen molar-refractivity contribution in [3.63, 3.8) is 0 Å². The number of benzene rings is 3. The zero-order valence-corrected chi connectivity index (χ0v) is 22.6. The van der Waals surface area contributed by atoms with E-state index in [2.05, 4.69) is 25.6 Å². The molecular weight excluding hydrogens is 502 g/mol. The summed E-state index contributed by atoms with van der Waals surface area (Å²) >= 11 is 0. The van der Waals surface area contributed by atoms with Crippen LogP contribution in [0.4, 0.5) is 11.5 Å². The van der Waals surface area contributed by atoms with Gasteiger partial charge in [0.1, 0.15) is 11.4 Å². The molecule has 0 radical (unpaired) electrons. The van der Waals surface area contributed by atoms with Gasteiger partial charge in [-0.3, -0.25) is 4.79 Å². The SMILES string of the molecule is CCCCNS(=O)(=O)c1cc(-c2nnc(Nc3ccc(OC)c(C(=O)NC)c3)c3ccccc23)ccc1C. The van der Waals surface area contributed by atoms with E-state index in [1.165, 1.54) is 7.11 Å². The maximum atomic E-state index is 13.0. The molecule has 0 fully saturated rings. The molecule has 0 unspecified atom stereocenters. The minimum atomic E-state index is -3.67. The Morgan fingerprint density at radius 3 is 2.47 bits per heavy atom. The molecular formula is C28H31N5O4S. The van der Waals surface area contributed by atoms with Crippen LogP contribution in [0.3, 0.4) is 0 Å². The number of carbonyl (C=O) groups is 1. The fourth-order valence-corrected chi connectivity index (χ4v) is 5.48. The third-order valence-electron chi connectivity index (χ3n) is 6.19. The van der Waals surface area contributed by atoms with Crippen molar-refractivity contribution in [1.29, 1.82) is 0 Å². The lowest BCUT2D eigenvalue weighted by molar-refractivity contribution is 0.0960. The van der Waals surface area contributed by atoms with E-state index in [1.54, 1.807) is 44.3 Å². The molecule has 1 amide bonds. The van der Waals surface area contributed by atoms with Crippen LogP contribution < -0.4 is 20.1 Å². The van der Waals surface area contributed by atoms with Gasteiger partial charge in [-0.1, -0.05) is 49.7 Å². The van der Waals surface area contributed by atoms with Crippen molar-refractivity contribution < 1.29 is 17.9 Å². The van der Waals surface area contributed by atoms with Crippen LogP contribution in [0.25, 0.3) is 22.0 Å². The number of anilines is 2. The van der Waals surface area contributed by atoms with E-state index in [0.717, 1.165) is 23.6 Å². The van der Waals surface area contributed by atoms with Gasteiger partial charge in [0, 0.05) is 35.6 Å². The summed E-state index contributed by atoms with van der Waals surface area (Å²) in [6.45, 7) is 4.17. The Morgan fingerprint density at radius 2 is 1.76 bits per heavy atom. The van der Waals surface area contributed by atoms with Crippen molar-refractivity contribution >= 4 is 38.2 Å². The normalized spacial score (nSPS) is 11.4. The van der Waals surface area contributed by atoms with Gasteiger partial charge in [-0.2, -0.15) is 0 Å². The predicted molar refractivity (Wildman–Crippen MR) is 149 cm³/mol. The Hall–Kier alpha value is -4.02. The van der Waals surface area contributed by atoms with E-state index < -0.39 is 10.0 Å². The number of methoxy groups -OCH3 is 1. The Bertz CT molecular complexity index is 1590. The lowest BCUT2D eigenvalue weighted by atomic mass is 10.0. The second-order valence-corrected chi connectivity index (χ2v) is 10.5. The standard InChI is InChI=1S/C28H31N5O4S/c1-5-6-15-30-38(35,36)25-16-19(12-11-18(25)2)26-21-9-7-8-10-22(21)27(33-32-26)31-20-13-14-24(37-4)23(17-20)28(34)29-3/h7-14,16-17,30H,5-6,15H2,1-4H3,(H,29,34)(H,31,33). The number of rotatable bonds is 10. The van der Waals surface area contributed by atoms with Gasteiger partial charge < -0.3 is 15.4 Å². The summed E-state index contributed by atoms with van der Waals surface area (Å²) in [5.41, 5.74) is 2.89. The number of fused-ring (bicyclic) bond motifs is 1. The van der Waals surface area contributed by atoms with Gasteiger partial charge >= 0.3 is 0 Å². The van der Waals surface area contributed by atoms with Crippen LogP contribution in [-0.4, -0.2) is 45.2 Å². The molecule has 198 valence electrons. The Balaban J connectivity index is 1.75. The van der Waals surface area contributed by atoms with Gasteiger partial charge in [0.2, 0.25) is 10.0 Å². The van der Waals surface area contributed by atoms with Crippen LogP contribution in [-0.2, 0) is 10.0 Å². The smallest absolute Gasteiger partial charge is 0.254 e. The number of nitrogens with one attached hydrogen (secondary N) is 3. The number of unbranched alkanes of at least 4 members (excludes halogenated alkanes) is 1. The first-order valence-electron chi connectivity index (χ1n) is 12.3. The van der Waals surface area contributed by atoms with Crippen LogP contribution in [0.5, 0.6) is 5.75 Å². The van der Waals surface area contributed by atoms with E-state index >= 15 is 0 Å². The van der Waals surface area contributed by atoms with Gasteiger partial charge in [0.05, 0.1) is 17.6 Å². The minimum Gasteiger partial charge on any atom is -0.496 e. The van der Waals surface area contributed by atoms with Gasteiger partial charge in [-0.25, -0.2) is 13.1 Å². The molecule has 3 N–H and O–H groups in total. The van der Waals surface area contributed by atoms with E-state index in [4.69, 9.17) is 4.74 Å². The van der Waals surface area contributed by atoms with Gasteiger partial charge in [0.15, 0.2) is 5.82 Å². The van der Waals surface area contributed by atoms with Crippen molar-refractivity contribution in [2.24, 2.45) is 0 Å². The first-order chi connectivity index (χ1) is 18.3. The fraction of sp³-hybridized carbons (Fsp3) is 0.250. The highest BCUT2D eigenvalue weighted by atomic mass is 32.2. The number of amides is 1. The second kappa shape index (κ2) is 11.6. The molecule has 10 heteroatoms. The molecule has 0 aliphatic carbocycles. The molecule has 4 rings (SSSR count). The molecule has 0 saturated heterocycles. The third-order valence-corrected chi connectivity index (χ3v) is 7.80. The summed E-state index contributed by atoms with van der Waals surface area (Å²) in [7, 11) is -0.601. The number of aryl methyl sites for hydroxylation is 1. The quantitative estimate of drug-likeness (QED) is 0.250. The number of hydrogen-bond acceptors (Lipinski definition) is 7. The molecule has 0 saturated carbocycles. The van der Waals surface area contributed by atoms with Gasteiger partial charge in [-0.15, -0.1) is 10.2 Å². The summed E-state index contributed by atoms with van der Waals surface area (Å²) in [6.07, 6.45) is 1.66. The molecule has 1 aromatic heterocycles. The van der Waals surface area contributed by atoms with E-state index in [9.17, 15) is 13.2 Å². The molecule has 1 heterocycles. The van der Waals surface area contributed by atoms with Crippen molar-refractivity contribution in [2.45, 2.75) is 31.6 Å². The average Bonchev–Trinajstić information content (AvgIpc) is 2.93. The van der Waals surface area contributed by atoms with Crippen LogP contribution >= 0.6 is 0 Å².